The SMILES string of the molecule is CCCCCCCCCCCC(=O)Nc1c(F)c(F)nc(F)c1F. The Hall–Kier alpha value is -1.66. The lowest BCUT2D eigenvalue weighted by Gasteiger charge is -2.08. The van der Waals surface area contributed by atoms with Crippen LogP contribution in [-0.4, -0.2) is 10.9 Å². The maximum Gasteiger partial charge on any atom is 0.253 e. The first-order chi connectivity index (χ1) is 11.5. The Bertz CT molecular complexity index is 512. The summed E-state index contributed by atoms with van der Waals surface area (Å²) in [6.07, 6.45) is 9.59. The molecule has 7 heteroatoms. The van der Waals surface area contributed by atoms with Gasteiger partial charge in [-0.15, -0.1) is 0 Å². The van der Waals surface area contributed by atoms with Crippen molar-refractivity contribution in [2.24, 2.45) is 0 Å². The lowest BCUT2D eigenvalue weighted by atomic mass is 10.1. The maximum atomic E-state index is 13.4. The van der Waals surface area contributed by atoms with Crippen LogP contribution in [0.5, 0.6) is 0 Å². The van der Waals surface area contributed by atoms with E-state index in [2.05, 4.69) is 11.9 Å². The van der Waals surface area contributed by atoms with E-state index < -0.39 is 35.1 Å². The molecule has 136 valence electrons. The monoisotopic (exact) mass is 348 g/mol. The molecule has 0 bridgehead atoms. The van der Waals surface area contributed by atoms with Crippen molar-refractivity contribution in [3.63, 3.8) is 0 Å². The van der Waals surface area contributed by atoms with Gasteiger partial charge in [-0.05, 0) is 6.42 Å². The first-order valence-corrected chi connectivity index (χ1v) is 8.47. The molecule has 1 rings (SSSR count). The van der Waals surface area contributed by atoms with Crippen LogP contribution in [0.1, 0.15) is 71.1 Å². The number of aromatic nitrogens is 1. The number of amides is 1. The van der Waals surface area contributed by atoms with E-state index in [0.717, 1.165) is 25.7 Å². The predicted octanol–water partition coefficient (Wildman–Crippen LogP) is 5.50. The Kier molecular flexibility index (Phi) is 9.34. The number of hydrogen-bond acceptors (Lipinski definition) is 2. The van der Waals surface area contributed by atoms with Crippen LogP contribution in [0.2, 0.25) is 0 Å². The largest absolute Gasteiger partial charge is 0.321 e. The molecule has 0 atom stereocenters. The minimum absolute atomic E-state index is 0.0419. The number of pyridine rings is 1. The second-order valence-electron chi connectivity index (χ2n) is 5.82. The smallest absolute Gasteiger partial charge is 0.253 e. The summed E-state index contributed by atoms with van der Waals surface area (Å²) >= 11 is 0. The van der Waals surface area contributed by atoms with Crippen LogP contribution >= 0.6 is 0 Å². The van der Waals surface area contributed by atoms with E-state index in [1.54, 1.807) is 0 Å². The highest BCUT2D eigenvalue weighted by molar-refractivity contribution is 5.90. The summed E-state index contributed by atoms with van der Waals surface area (Å²) in [6, 6.07) is 0. The molecule has 1 heterocycles. The fourth-order valence-electron chi connectivity index (χ4n) is 2.39. The van der Waals surface area contributed by atoms with Crippen LogP contribution in [-0.2, 0) is 4.79 Å². The fourth-order valence-corrected chi connectivity index (χ4v) is 2.39. The van der Waals surface area contributed by atoms with Crippen molar-refractivity contribution >= 4 is 11.6 Å². The molecule has 3 nitrogen and oxygen atoms in total. The summed E-state index contributed by atoms with van der Waals surface area (Å²) in [7, 11) is 0. The van der Waals surface area contributed by atoms with Gasteiger partial charge in [0, 0.05) is 6.42 Å². The standard InChI is InChI=1S/C17H24F4N2O/c1-2-3-4-5-6-7-8-9-10-11-12(24)22-15-13(18)16(20)23-17(21)14(15)19/h2-11H2,1H3,(H,22,23,24). The highest BCUT2D eigenvalue weighted by Gasteiger charge is 2.22. The zero-order valence-corrected chi connectivity index (χ0v) is 13.9. The average molecular weight is 348 g/mol. The lowest BCUT2D eigenvalue weighted by molar-refractivity contribution is -0.116. The molecule has 1 aromatic rings. The number of halogens is 4. The fraction of sp³-hybridized carbons (Fsp3) is 0.647. The number of nitrogens with one attached hydrogen (secondary N) is 1. The predicted molar refractivity (Wildman–Crippen MR) is 84.5 cm³/mol. The third-order valence-electron chi connectivity index (χ3n) is 3.77. The van der Waals surface area contributed by atoms with E-state index in [9.17, 15) is 22.4 Å². The molecule has 0 aromatic carbocycles. The van der Waals surface area contributed by atoms with Gasteiger partial charge in [0.2, 0.25) is 17.5 Å². The first-order valence-electron chi connectivity index (χ1n) is 8.47. The molecule has 0 radical (unpaired) electrons. The second-order valence-corrected chi connectivity index (χ2v) is 5.82. The van der Waals surface area contributed by atoms with Gasteiger partial charge in [-0.2, -0.15) is 22.5 Å². The zero-order valence-electron chi connectivity index (χ0n) is 13.9. The van der Waals surface area contributed by atoms with Crippen LogP contribution < -0.4 is 5.32 Å². The van der Waals surface area contributed by atoms with Crippen LogP contribution in [0.15, 0.2) is 0 Å². The minimum Gasteiger partial charge on any atom is -0.321 e. The number of carbonyl (C=O) groups excluding carboxylic acids is 1. The lowest BCUT2D eigenvalue weighted by Crippen LogP contribution is -2.16. The van der Waals surface area contributed by atoms with Gasteiger partial charge in [0.1, 0.15) is 5.69 Å². The quantitative estimate of drug-likeness (QED) is 0.326. The first kappa shape index (κ1) is 20.4. The summed E-state index contributed by atoms with van der Waals surface area (Å²) in [6.45, 7) is 2.16. The van der Waals surface area contributed by atoms with Crippen molar-refractivity contribution < 1.29 is 22.4 Å². The van der Waals surface area contributed by atoms with Crippen molar-refractivity contribution in [3.05, 3.63) is 23.5 Å². The van der Waals surface area contributed by atoms with E-state index in [0.29, 0.717) is 6.42 Å². The number of rotatable bonds is 11. The topological polar surface area (TPSA) is 42.0 Å². The van der Waals surface area contributed by atoms with E-state index in [-0.39, 0.29) is 6.42 Å². The van der Waals surface area contributed by atoms with Crippen molar-refractivity contribution in [1.82, 2.24) is 4.98 Å². The molecule has 0 aliphatic carbocycles. The second kappa shape index (κ2) is 11.0. The normalized spacial score (nSPS) is 10.9. The Morgan fingerprint density at radius 1 is 0.833 bits per heavy atom. The van der Waals surface area contributed by atoms with E-state index in [1.165, 1.54) is 25.7 Å². The average Bonchev–Trinajstić information content (AvgIpc) is 2.55. The van der Waals surface area contributed by atoms with Gasteiger partial charge in [-0.3, -0.25) is 4.79 Å². The Morgan fingerprint density at radius 3 is 1.79 bits per heavy atom. The van der Waals surface area contributed by atoms with Crippen LogP contribution in [0.3, 0.4) is 0 Å². The molecular formula is C17H24F4N2O. The van der Waals surface area contributed by atoms with Gasteiger partial charge >= 0.3 is 0 Å². The molecule has 1 amide bonds. The van der Waals surface area contributed by atoms with Crippen molar-refractivity contribution in [2.45, 2.75) is 71.1 Å². The maximum absolute atomic E-state index is 13.4. The molecule has 0 saturated heterocycles. The molecule has 1 N–H and O–H groups in total. The number of anilines is 1. The van der Waals surface area contributed by atoms with Crippen LogP contribution in [0.25, 0.3) is 0 Å². The van der Waals surface area contributed by atoms with E-state index >= 15 is 0 Å². The summed E-state index contributed by atoms with van der Waals surface area (Å²) in [5.41, 5.74) is -1.12. The van der Waals surface area contributed by atoms with Gasteiger partial charge in [-0.25, -0.2) is 0 Å². The van der Waals surface area contributed by atoms with Gasteiger partial charge in [0.15, 0.2) is 0 Å². The van der Waals surface area contributed by atoms with Crippen LogP contribution in [0, 0.1) is 23.5 Å². The molecule has 24 heavy (non-hydrogen) atoms. The minimum atomic E-state index is -1.78. The molecule has 0 fully saturated rings. The zero-order chi connectivity index (χ0) is 17.9. The van der Waals surface area contributed by atoms with Crippen molar-refractivity contribution in [3.8, 4) is 0 Å². The summed E-state index contributed by atoms with van der Waals surface area (Å²) < 4.78 is 52.6. The Labute approximate surface area is 139 Å². The molecule has 0 saturated carbocycles. The molecular weight excluding hydrogens is 324 g/mol. The summed E-state index contributed by atoms with van der Waals surface area (Å²) in [4.78, 5) is 14.1. The van der Waals surface area contributed by atoms with Crippen molar-refractivity contribution in [1.29, 1.82) is 0 Å². The number of hydrogen-bond donors (Lipinski definition) is 1. The van der Waals surface area contributed by atoms with Crippen molar-refractivity contribution in [2.75, 3.05) is 5.32 Å². The molecule has 0 unspecified atom stereocenters. The molecule has 1 aromatic heterocycles. The third-order valence-corrected chi connectivity index (χ3v) is 3.77. The third kappa shape index (κ3) is 6.84. The number of carbonyl (C=O) groups is 1. The van der Waals surface area contributed by atoms with E-state index in [1.807, 2.05) is 5.32 Å². The number of unbranched alkanes of at least 4 members (excludes halogenated alkanes) is 8. The Balaban J connectivity index is 2.26. The van der Waals surface area contributed by atoms with Gasteiger partial charge < -0.3 is 5.32 Å². The summed E-state index contributed by atoms with van der Waals surface area (Å²) in [5, 5.41) is 1.88. The van der Waals surface area contributed by atoms with Crippen LogP contribution in [0.4, 0.5) is 23.2 Å². The molecule has 0 aliphatic heterocycles. The van der Waals surface area contributed by atoms with Gasteiger partial charge in [0.05, 0.1) is 0 Å². The highest BCUT2D eigenvalue weighted by atomic mass is 19.2. The molecule has 0 spiro atoms. The van der Waals surface area contributed by atoms with Gasteiger partial charge in [-0.1, -0.05) is 58.3 Å². The number of nitrogens with zero attached hydrogens (tertiary/aromatic N) is 1. The van der Waals surface area contributed by atoms with Gasteiger partial charge in [0.25, 0.3) is 11.9 Å². The Morgan fingerprint density at radius 2 is 1.29 bits per heavy atom. The summed E-state index contributed by atoms with van der Waals surface area (Å²) in [5.74, 6) is -7.65. The highest BCUT2D eigenvalue weighted by Crippen LogP contribution is 2.22. The van der Waals surface area contributed by atoms with E-state index in [4.69, 9.17) is 0 Å². The molecule has 0 aliphatic rings.